The molecule has 1 spiro atoms. The number of rotatable bonds is 5. The maximum atomic E-state index is 13.9. The molecule has 0 aromatic heterocycles. The van der Waals surface area contributed by atoms with E-state index in [2.05, 4.69) is 5.32 Å². The number of imide groups is 1. The molecule has 1 saturated heterocycles. The fraction of sp³-hybridized carbons (Fsp3) is 0.391. The van der Waals surface area contributed by atoms with Gasteiger partial charge >= 0.3 is 18.3 Å². The van der Waals surface area contributed by atoms with Gasteiger partial charge in [-0.1, -0.05) is 24.3 Å². The topological polar surface area (TPSA) is 61.9 Å². The number of nitrogens with one attached hydrogen (secondary N) is 1. The number of nitrogens with zero attached hydrogens (tertiary/aromatic N) is 2. The molecule has 2 aromatic carbocycles. The Morgan fingerprint density at radius 3 is 2.45 bits per heavy atom. The normalized spacial score (nSPS) is 19.2. The lowest BCUT2D eigenvalue weighted by atomic mass is 9.98. The molecule has 2 aliphatic rings. The number of halogens is 4. The number of carbonyl (C=O) groups excluding carboxylic acids is 2. The zero-order valence-corrected chi connectivity index (χ0v) is 18.1. The Morgan fingerprint density at radius 1 is 1.18 bits per heavy atom. The molecular formula is C23H23F4N3O3. The van der Waals surface area contributed by atoms with E-state index in [0.717, 1.165) is 28.2 Å². The van der Waals surface area contributed by atoms with Gasteiger partial charge in [0, 0.05) is 13.1 Å². The number of ether oxygens (including phenoxy) is 1. The Kier molecular flexibility index (Phi) is 5.81. The van der Waals surface area contributed by atoms with E-state index in [0.29, 0.717) is 25.5 Å². The lowest BCUT2D eigenvalue weighted by Gasteiger charge is -2.24. The van der Waals surface area contributed by atoms with Crippen molar-refractivity contribution < 1.29 is 31.9 Å². The summed E-state index contributed by atoms with van der Waals surface area (Å²) in [5.41, 5.74) is -0.552. The molecule has 1 saturated carbocycles. The van der Waals surface area contributed by atoms with E-state index in [1.165, 1.54) is 0 Å². The van der Waals surface area contributed by atoms with Crippen LogP contribution in [0, 0.1) is 5.82 Å². The van der Waals surface area contributed by atoms with E-state index >= 15 is 0 Å². The van der Waals surface area contributed by atoms with Gasteiger partial charge in [0.15, 0.2) is 6.10 Å². The minimum Gasteiger partial charge on any atom is -0.438 e. The third kappa shape index (κ3) is 4.52. The van der Waals surface area contributed by atoms with Crippen LogP contribution < -0.4 is 5.32 Å². The van der Waals surface area contributed by atoms with Gasteiger partial charge < -0.3 is 15.0 Å². The van der Waals surface area contributed by atoms with Crippen molar-refractivity contribution in [3.05, 3.63) is 70.5 Å². The number of urea groups is 1. The van der Waals surface area contributed by atoms with Crippen LogP contribution in [0.25, 0.3) is 0 Å². The van der Waals surface area contributed by atoms with Gasteiger partial charge in [0.05, 0.1) is 11.1 Å². The van der Waals surface area contributed by atoms with Crippen molar-refractivity contribution in [2.45, 2.75) is 43.8 Å². The lowest BCUT2D eigenvalue weighted by Crippen LogP contribution is -2.47. The summed E-state index contributed by atoms with van der Waals surface area (Å²) in [4.78, 5) is 28.4. The Bertz CT molecular complexity index is 1080. The fourth-order valence-electron chi connectivity index (χ4n) is 4.24. The summed E-state index contributed by atoms with van der Waals surface area (Å²) in [5.74, 6) is -1.09. The molecule has 2 fully saturated rings. The van der Waals surface area contributed by atoms with Gasteiger partial charge in [-0.05, 0) is 61.8 Å². The number of cyclic esters (lactones) is 1. The maximum Gasteiger partial charge on any atom is 0.419 e. The lowest BCUT2D eigenvalue weighted by molar-refractivity contribution is -0.137. The van der Waals surface area contributed by atoms with Crippen LogP contribution in [-0.4, -0.2) is 41.6 Å². The molecule has 1 aliphatic heterocycles. The second-order valence-corrected chi connectivity index (χ2v) is 8.64. The van der Waals surface area contributed by atoms with Gasteiger partial charge in [-0.15, -0.1) is 0 Å². The first-order valence-corrected chi connectivity index (χ1v) is 10.4. The summed E-state index contributed by atoms with van der Waals surface area (Å²) in [5, 5.41) is 2.71. The van der Waals surface area contributed by atoms with E-state index in [-0.39, 0.29) is 12.1 Å². The van der Waals surface area contributed by atoms with Crippen LogP contribution >= 0.6 is 0 Å². The Morgan fingerprint density at radius 2 is 1.85 bits per heavy atom. The molecule has 176 valence electrons. The second-order valence-electron chi connectivity index (χ2n) is 8.64. The van der Waals surface area contributed by atoms with Crippen LogP contribution in [-0.2, 0) is 24.0 Å². The number of hydrogen-bond acceptors (Lipinski definition) is 4. The summed E-state index contributed by atoms with van der Waals surface area (Å²) < 4.78 is 58.7. The summed E-state index contributed by atoms with van der Waals surface area (Å²) >= 11 is 0. The first-order valence-electron chi connectivity index (χ1n) is 10.4. The molecule has 1 aliphatic carbocycles. The zero-order chi connectivity index (χ0) is 24.0. The average molecular weight is 465 g/mol. The van der Waals surface area contributed by atoms with E-state index in [1.54, 1.807) is 0 Å². The summed E-state index contributed by atoms with van der Waals surface area (Å²) in [7, 11) is 3.84. The Balaban J connectivity index is 1.54. The van der Waals surface area contributed by atoms with Crippen molar-refractivity contribution in [3.63, 3.8) is 0 Å². The second kappa shape index (κ2) is 8.33. The highest BCUT2D eigenvalue weighted by atomic mass is 19.4. The van der Waals surface area contributed by atoms with Crippen molar-refractivity contribution in [3.8, 4) is 0 Å². The van der Waals surface area contributed by atoms with Gasteiger partial charge in [-0.3, -0.25) is 0 Å². The smallest absolute Gasteiger partial charge is 0.419 e. The number of amides is 3. The van der Waals surface area contributed by atoms with Gasteiger partial charge in [0.2, 0.25) is 0 Å². The predicted molar refractivity (Wildman–Crippen MR) is 110 cm³/mol. The summed E-state index contributed by atoms with van der Waals surface area (Å²) in [6.07, 6.45) is -6.19. The molecule has 0 radical (unpaired) electrons. The van der Waals surface area contributed by atoms with Crippen LogP contribution in [0.15, 0.2) is 42.5 Å². The third-order valence-electron chi connectivity index (χ3n) is 5.89. The van der Waals surface area contributed by atoms with Crippen LogP contribution in [0.2, 0.25) is 0 Å². The van der Waals surface area contributed by atoms with Gasteiger partial charge in [0.1, 0.15) is 5.82 Å². The highest BCUT2D eigenvalue weighted by Gasteiger charge is 2.66. The summed E-state index contributed by atoms with van der Waals surface area (Å²) in [6.45, 7) is 0.816. The molecule has 2 aromatic rings. The van der Waals surface area contributed by atoms with Crippen molar-refractivity contribution in [1.29, 1.82) is 0 Å². The zero-order valence-electron chi connectivity index (χ0n) is 18.1. The fourth-order valence-corrected chi connectivity index (χ4v) is 4.24. The predicted octanol–water partition coefficient (Wildman–Crippen LogP) is 4.84. The monoisotopic (exact) mass is 465 g/mol. The standard InChI is InChI=1S/C23H23F4N3O3/c1-29(2)13-15-6-4-3-5-14(15)12-28-20(31)30-21(32)33-19(22(30)7-8-22)16-9-17(23(25,26)27)11-18(24)10-16/h3-6,9-11,19H,7-8,12-13H2,1-2H3,(H,28,31)/t19-/m1/s1. The molecule has 1 N–H and O–H groups in total. The van der Waals surface area contributed by atoms with Crippen LogP contribution in [0.1, 0.15) is 41.2 Å². The minimum atomic E-state index is -4.76. The molecule has 1 atom stereocenters. The van der Waals surface area contributed by atoms with E-state index in [1.807, 2.05) is 43.3 Å². The maximum absolute atomic E-state index is 13.9. The molecule has 0 unspecified atom stereocenters. The quantitative estimate of drug-likeness (QED) is 0.642. The van der Waals surface area contributed by atoms with E-state index < -0.39 is 41.3 Å². The van der Waals surface area contributed by atoms with Crippen molar-refractivity contribution in [2.75, 3.05) is 14.1 Å². The largest absolute Gasteiger partial charge is 0.438 e. The SMILES string of the molecule is CN(C)Cc1ccccc1CNC(=O)N1C(=O)O[C@H](c2cc(F)cc(C(F)(F)F)c2)C12CC2. The highest BCUT2D eigenvalue weighted by molar-refractivity contribution is 5.94. The third-order valence-corrected chi connectivity index (χ3v) is 5.89. The molecular weight excluding hydrogens is 442 g/mol. The van der Waals surface area contributed by atoms with Gasteiger partial charge in [-0.2, -0.15) is 13.2 Å². The number of benzene rings is 2. The first kappa shape index (κ1) is 23.0. The Labute approximate surface area is 188 Å². The van der Waals surface area contributed by atoms with Crippen molar-refractivity contribution in [1.82, 2.24) is 15.1 Å². The average Bonchev–Trinajstić information content (AvgIpc) is 3.44. The van der Waals surface area contributed by atoms with Gasteiger partial charge in [0.25, 0.3) is 0 Å². The highest BCUT2D eigenvalue weighted by Crippen LogP contribution is 2.57. The molecule has 6 nitrogen and oxygen atoms in total. The Hall–Kier alpha value is -3.14. The van der Waals surface area contributed by atoms with Gasteiger partial charge in [-0.25, -0.2) is 18.9 Å². The molecule has 0 bridgehead atoms. The number of hydrogen-bond donors (Lipinski definition) is 1. The molecule has 3 amide bonds. The molecule has 33 heavy (non-hydrogen) atoms. The first-order chi connectivity index (χ1) is 15.5. The van der Waals surface area contributed by atoms with Crippen molar-refractivity contribution in [2.24, 2.45) is 0 Å². The van der Waals surface area contributed by atoms with Crippen molar-refractivity contribution >= 4 is 12.1 Å². The summed E-state index contributed by atoms with van der Waals surface area (Å²) in [6, 6.07) is 8.88. The van der Waals surface area contributed by atoms with Crippen LogP contribution in [0.4, 0.5) is 27.2 Å². The number of carbonyl (C=O) groups is 2. The van der Waals surface area contributed by atoms with E-state index in [4.69, 9.17) is 4.74 Å². The molecule has 4 rings (SSSR count). The number of alkyl halides is 3. The molecule has 1 heterocycles. The van der Waals surface area contributed by atoms with Crippen LogP contribution in [0.5, 0.6) is 0 Å². The molecule has 10 heteroatoms. The minimum absolute atomic E-state index is 0.125. The van der Waals surface area contributed by atoms with Crippen LogP contribution in [0.3, 0.4) is 0 Å². The van der Waals surface area contributed by atoms with E-state index in [9.17, 15) is 27.2 Å².